The van der Waals surface area contributed by atoms with Crippen LogP contribution in [0.15, 0.2) is 48.7 Å². The van der Waals surface area contributed by atoms with Gasteiger partial charge in [-0.15, -0.1) is 0 Å². The summed E-state index contributed by atoms with van der Waals surface area (Å²) in [6.45, 7) is 5.75. The lowest BCUT2D eigenvalue weighted by Gasteiger charge is -2.18. The average Bonchev–Trinajstić information content (AvgIpc) is 2.38. The Balaban J connectivity index is 2.54. The summed E-state index contributed by atoms with van der Waals surface area (Å²) in [5.41, 5.74) is 2.06. The molecule has 0 radical (unpaired) electrons. The van der Waals surface area contributed by atoms with Crippen LogP contribution in [0.3, 0.4) is 0 Å². The van der Waals surface area contributed by atoms with Gasteiger partial charge < -0.3 is 0 Å². The number of nitrogens with zero attached hydrogens (tertiary/aromatic N) is 1. The predicted octanol–water partition coefficient (Wildman–Crippen LogP) is 3.98. The van der Waals surface area contributed by atoms with Crippen LogP contribution in [0.4, 0.5) is 0 Å². The van der Waals surface area contributed by atoms with E-state index in [1.54, 1.807) is 6.20 Å². The Morgan fingerprint density at radius 3 is 2.28 bits per heavy atom. The summed E-state index contributed by atoms with van der Waals surface area (Å²) in [6, 6.07) is 13.7. The largest absolute Gasteiger partial charge is 0.292 e. The maximum absolute atomic E-state index is 12.4. The van der Waals surface area contributed by atoms with Gasteiger partial charge in [-0.25, -0.2) is 0 Å². The second-order valence-electron chi connectivity index (χ2n) is 5.34. The monoisotopic (exact) mass is 239 g/mol. The van der Waals surface area contributed by atoms with Gasteiger partial charge in [-0.1, -0.05) is 57.2 Å². The van der Waals surface area contributed by atoms with Gasteiger partial charge in [0.25, 0.3) is 0 Å². The number of ketones is 1. The van der Waals surface area contributed by atoms with Gasteiger partial charge in [-0.2, -0.15) is 0 Å². The number of carbonyl (C=O) groups is 1. The van der Waals surface area contributed by atoms with E-state index in [9.17, 15) is 4.79 Å². The van der Waals surface area contributed by atoms with E-state index in [-0.39, 0.29) is 5.78 Å². The van der Waals surface area contributed by atoms with Crippen molar-refractivity contribution < 1.29 is 4.79 Å². The molecule has 92 valence electrons. The van der Waals surface area contributed by atoms with Gasteiger partial charge in [-0.05, 0) is 11.6 Å². The molecule has 0 spiro atoms. The second kappa shape index (κ2) is 4.73. The Morgan fingerprint density at radius 2 is 1.67 bits per heavy atom. The van der Waals surface area contributed by atoms with Crippen molar-refractivity contribution >= 4 is 5.78 Å². The summed E-state index contributed by atoms with van der Waals surface area (Å²) in [5, 5.41) is 0. The van der Waals surface area contributed by atoms with E-state index in [4.69, 9.17) is 0 Å². The SMILES string of the molecule is CC(C)(C)C(=O)c1ncccc1-c1ccccc1. The van der Waals surface area contributed by atoms with Gasteiger partial charge in [-0.3, -0.25) is 9.78 Å². The quantitative estimate of drug-likeness (QED) is 0.742. The van der Waals surface area contributed by atoms with Crippen molar-refractivity contribution in [3.8, 4) is 11.1 Å². The lowest BCUT2D eigenvalue weighted by Crippen LogP contribution is -2.22. The molecule has 0 fully saturated rings. The first-order valence-corrected chi connectivity index (χ1v) is 6.05. The number of carbonyl (C=O) groups excluding carboxylic acids is 1. The van der Waals surface area contributed by atoms with E-state index < -0.39 is 5.41 Å². The van der Waals surface area contributed by atoms with Gasteiger partial charge in [0.1, 0.15) is 5.69 Å². The highest BCUT2D eigenvalue weighted by Crippen LogP contribution is 2.27. The minimum atomic E-state index is -0.419. The van der Waals surface area contributed by atoms with Crippen molar-refractivity contribution in [3.63, 3.8) is 0 Å². The highest BCUT2D eigenvalue weighted by molar-refractivity contribution is 6.03. The molecule has 2 nitrogen and oxygen atoms in total. The first-order valence-electron chi connectivity index (χ1n) is 6.05. The van der Waals surface area contributed by atoms with Crippen LogP contribution >= 0.6 is 0 Å². The number of pyridine rings is 1. The molecule has 0 unspecified atom stereocenters. The standard InChI is InChI=1S/C16H17NO/c1-16(2,3)15(18)14-13(10-7-11-17-14)12-8-5-4-6-9-12/h4-11H,1-3H3. The molecule has 0 saturated carbocycles. The Hall–Kier alpha value is -1.96. The molecular weight excluding hydrogens is 222 g/mol. The van der Waals surface area contributed by atoms with Crippen molar-refractivity contribution in [3.05, 3.63) is 54.4 Å². The zero-order valence-electron chi connectivity index (χ0n) is 11.0. The molecule has 0 bridgehead atoms. The van der Waals surface area contributed by atoms with Crippen LogP contribution in [0.2, 0.25) is 0 Å². The molecule has 2 heteroatoms. The Morgan fingerprint density at radius 1 is 1.00 bits per heavy atom. The summed E-state index contributed by atoms with van der Waals surface area (Å²) >= 11 is 0. The van der Waals surface area contributed by atoms with E-state index in [1.165, 1.54) is 0 Å². The van der Waals surface area contributed by atoms with E-state index in [1.807, 2.05) is 63.2 Å². The normalized spacial score (nSPS) is 11.3. The summed E-state index contributed by atoms with van der Waals surface area (Å²) in [6.07, 6.45) is 1.67. The molecule has 0 amide bonds. The molecule has 1 aromatic carbocycles. The van der Waals surface area contributed by atoms with Crippen molar-refractivity contribution in [1.82, 2.24) is 4.98 Å². The third-order valence-corrected chi connectivity index (χ3v) is 2.79. The van der Waals surface area contributed by atoms with Crippen LogP contribution in [0.25, 0.3) is 11.1 Å². The van der Waals surface area contributed by atoms with Gasteiger partial charge in [0.15, 0.2) is 5.78 Å². The van der Waals surface area contributed by atoms with Crippen LogP contribution in [-0.4, -0.2) is 10.8 Å². The van der Waals surface area contributed by atoms with Crippen LogP contribution in [0.5, 0.6) is 0 Å². The van der Waals surface area contributed by atoms with Gasteiger partial charge >= 0.3 is 0 Å². The lowest BCUT2D eigenvalue weighted by molar-refractivity contribution is 0.0853. The highest BCUT2D eigenvalue weighted by atomic mass is 16.1. The molecule has 0 aliphatic carbocycles. The number of Topliss-reactive ketones (excluding diaryl/α,β-unsaturated/α-hetero) is 1. The number of hydrogen-bond donors (Lipinski definition) is 0. The smallest absolute Gasteiger partial charge is 0.187 e. The maximum Gasteiger partial charge on any atom is 0.187 e. The molecule has 0 saturated heterocycles. The number of hydrogen-bond acceptors (Lipinski definition) is 2. The van der Waals surface area contributed by atoms with Crippen LogP contribution in [0, 0.1) is 5.41 Å². The summed E-state index contributed by atoms with van der Waals surface area (Å²) < 4.78 is 0. The molecule has 2 rings (SSSR count). The molecule has 2 aromatic rings. The molecule has 0 aliphatic heterocycles. The van der Waals surface area contributed by atoms with Crippen molar-refractivity contribution in [2.45, 2.75) is 20.8 Å². The molecule has 1 aromatic heterocycles. The van der Waals surface area contributed by atoms with Gasteiger partial charge in [0.2, 0.25) is 0 Å². The van der Waals surface area contributed by atoms with Crippen molar-refractivity contribution in [2.24, 2.45) is 5.41 Å². The third kappa shape index (κ3) is 2.48. The second-order valence-corrected chi connectivity index (χ2v) is 5.34. The zero-order chi connectivity index (χ0) is 13.2. The van der Waals surface area contributed by atoms with E-state index in [0.717, 1.165) is 11.1 Å². The number of aromatic nitrogens is 1. The molecule has 0 aliphatic rings. The van der Waals surface area contributed by atoms with E-state index in [0.29, 0.717) is 5.69 Å². The average molecular weight is 239 g/mol. The zero-order valence-corrected chi connectivity index (χ0v) is 11.0. The van der Waals surface area contributed by atoms with Crippen molar-refractivity contribution in [1.29, 1.82) is 0 Å². The molecule has 0 N–H and O–H groups in total. The fourth-order valence-corrected chi connectivity index (χ4v) is 1.79. The first-order chi connectivity index (χ1) is 8.50. The molecular formula is C16H17NO. The highest BCUT2D eigenvalue weighted by Gasteiger charge is 2.26. The van der Waals surface area contributed by atoms with Crippen LogP contribution in [0.1, 0.15) is 31.3 Å². The fraction of sp³-hybridized carbons (Fsp3) is 0.250. The van der Waals surface area contributed by atoms with Crippen LogP contribution < -0.4 is 0 Å². The fourth-order valence-electron chi connectivity index (χ4n) is 1.79. The summed E-state index contributed by atoms with van der Waals surface area (Å²) in [7, 11) is 0. The maximum atomic E-state index is 12.4. The van der Waals surface area contributed by atoms with Gasteiger partial charge in [0.05, 0.1) is 0 Å². The minimum Gasteiger partial charge on any atom is -0.292 e. The Labute approximate surface area is 108 Å². The summed E-state index contributed by atoms with van der Waals surface area (Å²) in [5.74, 6) is 0.0713. The van der Waals surface area contributed by atoms with Crippen molar-refractivity contribution in [2.75, 3.05) is 0 Å². The number of benzene rings is 1. The lowest BCUT2D eigenvalue weighted by atomic mass is 9.86. The van der Waals surface area contributed by atoms with Gasteiger partial charge in [0, 0.05) is 17.2 Å². The van der Waals surface area contributed by atoms with E-state index >= 15 is 0 Å². The van der Waals surface area contributed by atoms with E-state index in [2.05, 4.69) is 4.98 Å². The predicted molar refractivity (Wildman–Crippen MR) is 73.5 cm³/mol. The Bertz CT molecular complexity index is 553. The Kier molecular flexibility index (Phi) is 3.28. The first kappa shape index (κ1) is 12.5. The summed E-state index contributed by atoms with van der Waals surface area (Å²) in [4.78, 5) is 16.7. The number of rotatable bonds is 2. The molecule has 18 heavy (non-hydrogen) atoms. The molecule has 1 heterocycles. The molecule has 0 atom stereocenters. The van der Waals surface area contributed by atoms with Crippen LogP contribution in [-0.2, 0) is 0 Å². The topological polar surface area (TPSA) is 30.0 Å². The minimum absolute atomic E-state index is 0.0713. The third-order valence-electron chi connectivity index (χ3n) is 2.79.